The molecule has 2 aliphatic rings. The van der Waals surface area contributed by atoms with Gasteiger partial charge in [0, 0.05) is 41.5 Å². The van der Waals surface area contributed by atoms with Crippen LogP contribution in [0.4, 0.5) is 10.1 Å². The topological polar surface area (TPSA) is 110 Å². The third kappa shape index (κ3) is 5.02. The van der Waals surface area contributed by atoms with Crippen LogP contribution in [0.15, 0.2) is 60.8 Å². The fourth-order valence-corrected chi connectivity index (χ4v) is 5.34. The van der Waals surface area contributed by atoms with Crippen molar-refractivity contribution in [3.05, 3.63) is 89.0 Å². The Hall–Kier alpha value is -4.82. The molecule has 3 heterocycles. The molecule has 39 heavy (non-hydrogen) atoms. The summed E-state index contributed by atoms with van der Waals surface area (Å²) < 4.78 is 15.1. The first kappa shape index (κ1) is 25.8. The van der Waals surface area contributed by atoms with E-state index in [1.807, 2.05) is 49.4 Å². The highest BCUT2D eigenvalue weighted by atomic mass is 19.1. The molecule has 2 atom stereocenters. The van der Waals surface area contributed by atoms with Gasteiger partial charge in [-0.25, -0.2) is 4.39 Å². The second kappa shape index (κ2) is 10.9. The Labute approximate surface area is 226 Å². The lowest BCUT2D eigenvalue weighted by molar-refractivity contribution is -0.129. The molecule has 8 heteroatoms. The van der Waals surface area contributed by atoms with E-state index in [1.54, 1.807) is 17.2 Å². The van der Waals surface area contributed by atoms with Crippen LogP contribution in [0.1, 0.15) is 61.0 Å². The molecule has 2 amide bonds. The Morgan fingerprint density at radius 1 is 1.05 bits per heavy atom. The van der Waals surface area contributed by atoms with Crippen LogP contribution < -0.4 is 5.32 Å². The van der Waals surface area contributed by atoms with Crippen molar-refractivity contribution in [2.45, 2.75) is 38.6 Å². The molecule has 1 N–H and O–H groups in total. The Kier molecular flexibility index (Phi) is 7.21. The van der Waals surface area contributed by atoms with Crippen molar-refractivity contribution in [3.8, 4) is 23.3 Å². The molecule has 0 radical (unpaired) electrons. The van der Waals surface area contributed by atoms with Gasteiger partial charge < -0.3 is 10.2 Å². The van der Waals surface area contributed by atoms with Gasteiger partial charge in [0.2, 0.25) is 11.8 Å². The highest BCUT2D eigenvalue weighted by Gasteiger charge is 2.31. The average molecular weight is 520 g/mol. The zero-order valence-corrected chi connectivity index (χ0v) is 21.4. The lowest BCUT2D eigenvalue weighted by Crippen LogP contribution is -2.38. The first-order valence-electron chi connectivity index (χ1n) is 12.9. The van der Waals surface area contributed by atoms with Gasteiger partial charge in [0.05, 0.1) is 28.9 Å². The molecule has 0 saturated carbocycles. The van der Waals surface area contributed by atoms with E-state index in [0.717, 1.165) is 22.5 Å². The number of hydrogen-bond donors (Lipinski definition) is 1. The molecular formula is C31H26FN5O2. The molecule has 0 spiro atoms. The van der Waals surface area contributed by atoms with E-state index in [2.05, 4.69) is 10.3 Å². The maximum atomic E-state index is 15.1. The van der Waals surface area contributed by atoms with Gasteiger partial charge >= 0.3 is 0 Å². The first-order valence-corrected chi connectivity index (χ1v) is 12.9. The Morgan fingerprint density at radius 3 is 2.59 bits per heavy atom. The van der Waals surface area contributed by atoms with E-state index >= 15 is 4.39 Å². The summed E-state index contributed by atoms with van der Waals surface area (Å²) in [5.74, 6) is -1.36. The number of hydrogen-bond acceptors (Lipinski definition) is 5. The third-order valence-corrected chi connectivity index (χ3v) is 7.46. The van der Waals surface area contributed by atoms with Gasteiger partial charge in [0.1, 0.15) is 11.9 Å². The van der Waals surface area contributed by atoms with E-state index in [0.29, 0.717) is 37.8 Å². The number of amides is 2. The summed E-state index contributed by atoms with van der Waals surface area (Å²) >= 11 is 0. The number of aromatic nitrogens is 1. The standard InChI is InChI=1S/C31H26FN5O2/c1-19-5-4-8-27(26-15-20(11-13-35-26)24-6-2-3-7-25(24)36-31(19)39)37-14-12-21(16-28(37)38)29-22(17-33)9-10-23(18-34)30(29)32/h2-3,6-7,9-11,13,15-16,19,27H,4-5,8,12,14H2,1H3,(H,36,39)/t19-,27+/m1/s1. The number of carbonyl (C=O) groups is 2. The van der Waals surface area contributed by atoms with Crippen LogP contribution in [-0.4, -0.2) is 28.2 Å². The van der Waals surface area contributed by atoms with E-state index in [1.165, 1.54) is 18.2 Å². The van der Waals surface area contributed by atoms with Crippen molar-refractivity contribution in [1.82, 2.24) is 9.88 Å². The predicted octanol–water partition coefficient (Wildman–Crippen LogP) is 5.75. The number of pyridine rings is 1. The fourth-order valence-electron chi connectivity index (χ4n) is 5.34. The average Bonchev–Trinajstić information content (AvgIpc) is 2.95. The number of rotatable bonds is 2. The maximum Gasteiger partial charge on any atom is 0.247 e. The molecular weight excluding hydrogens is 493 g/mol. The summed E-state index contributed by atoms with van der Waals surface area (Å²) in [5.41, 5.74) is 3.54. The lowest BCUT2D eigenvalue weighted by atomic mass is 9.90. The minimum Gasteiger partial charge on any atom is -0.330 e. The van der Waals surface area contributed by atoms with Gasteiger partial charge in [-0.2, -0.15) is 10.5 Å². The second-order valence-corrected chi connectivity index (χ2v) is 9.88. The van der Waals surface area contributed by atoms with E-state index in [4.69, 9.17) is 0 Å². The van der Waals surface area contributed by atoms with Gasteiger partial charge in [-0.15, -0.1) is 0 Å². The zero-order valence-electron chi connectivity index (χ0n) is 21.4. The summed E-state index contributed by atoms with van der Waals surface area (Å²) in [7, 11) is 0. The highest BCUT2D eigenvalue weighted by molar-refractivity contribution is 5.98. The summed E-state index contributed by atoms with van der Waals surface area (Å²) in [4.78, 5) is 32.8. The van der Waals surface area contributed by atoms with Crippen molar-refractivity contribution < 1.29 is 14.0 Å². The molecule has 0 aliphatic carbocycles. The largest absolute Gasteiger partial charge is 0.330 e. The Balaban J connectivity index is 1.54. The molecule has 7 nitrogen and oxygen atoms in total. The van der Waals surface area contributed by atoms with Gasteiger partial charge in [-0.05, 0) is 60.7 Å². The lowest BCUT2D eigenvalue weighted by Gasteiger charge is -2.34. The van der Waals surface area contributed by atoms with Gasteiger partial charge in [-0.1, -0.05) is 31.5 Å². The van der Waals surface area contributed by atoms with E-state index in [9.17, 15) is 20.1 Å². The number of nitrogens with one attached hydrogen (secondary N) is 1. The smallest absolute Gasteiger partial charge is 0.247 e. The van der Waals surface area contributed by atoms with Crippen molar-refractivity contribution >= 4 is 23.1 Å². The van der Waals surface area contributed by atoms with Crippen LogP contribution >= 0.6 is 0 Å². The molecule has 5 rings (SSSR count). The molecule has 0 saturated heterocycles. The first-order chi connectivity index (χ1) is 18.9. The van der Waals surface area contributed by atoms with Crippen molar-refractivity contribution in [2.24, 2.45) is 5.92 Å². The van der Waals surface area contributed by atoms with E-state index in [-0.39, 0.29) is 40.5 Å². The SMILES string of the molecule is C[C@@H]1CCC[C@H](N2CCC(c3c(C#N)ccc(C#N)c3F)=CC2=O)c2cc(ccn2)-c2ccccc2NC1=O. The minimum atomic E-state index is -0.782. The van der Waals surface area contributed by atoms with Crippen LogP contribution in [0.25, 0.3) is 16.7 Å². The second-order valence-electron chi connectivity index (χ2n) is 9.88. The summed E-state index contributed by atoms with van der Waals surface area (Å²) in [6, 6.07) is 17.6. The Bertz CT molecular complexity index is 1580. The molecule has 2 bridgehead atoms. The zero-order chi connectivity index (χ0) is 27.5. The number of para-hydroxylation sites is 1. The fraction of sp³-hybridized carbons (Fsp3) is 0.258. The van der Waals surface area contributed by atoms with E-state index < -0.39 is 5.82 Å². The predicted molar refractivity (Wildman–Crippen MR) is 144 cm³/mol. The van der Waals surface area contributed by atoms with Crippen molar-refractivity contribution in [2.75, 3.05) is 11.9 Å². The van der Waals surface area contributed by atoms with Crippen LogP contribution in [0, 0.1) is 34.4 Å². The normalized spacial score (nSPS) is 19.4. The monoisotopic (exact) mass is 519 g/mol. The summed E-state index contributed by atoms with van der Waals surface area (Å²) in [6.07, 6.45) is 5.35. The number of fused-ring (bicyclic) bond motifs is 4. The van der Waals surface area contributed by atoms with Crippen molar-refractivity contribution in [3.63, 3.8) is 0 Å². The molecule has 3 aromatic rings. The van der Waals surface area contributed by atoms with Crippen molar-refractivity contribution in [1.29, 1.82) is 10.5 Å². The van der Waals surface area contributed by atoms with Gasteiger partial charge in [0.25, 0.3) is 0 Å². The van der Waals surface area contributed by atoms with Gasteiger partial charge in [-0.3, -0.25) is 14.6 Å². The number of halogens is 1. The highest BCUT2D eigenvalue weighted by Crippen LogP contribution is 2.37. The number of benzene rings is 2. The maximum absolute atomic E-state index is 15.1. The number of carbonyl (C=O) groups excluding carboxylic acids is 2. The molecule has 0 unspecified atom stereocenters. The third-order valence-electron chi connectivity index (χ3n) is 7.46. The van der Waals surface area contributed by atoms with Crippen LogP contribution in [-0.2, 0) is 9.59 Å². The quantitative estimate of drug-likeness (QED) is 0.464. The molecule has 2 aromatic carbocycles. The van der Waals surface area contributed by atoms with Crippen LogP contribution in [0.3, 0.4) is 0 Å². The minimum absolute atomic E-state index is 0.0137. The number of nitrogens with zero attached hydrogens (tertiary/aromatic N) is 4. The Morgan fingerprint density at radius 2 is 1.82 bits per heavy atom. The van der Waals surface area contributed by atoms with Crippen LogP contribution in [0.2, 0.25) is 0 Å². The summed E-state index contributed by atoms with van der Waals surface area (Å²) in [5, 5.41) is 21.9. The van der Waals surface area contributed by atoms with Crippen LogP contribution in [0.5, 0.6) is 0 Å². The molecule has 2 aliphatic heterocycles. The number of anilines is 1. The van der Waals surface area contributed by atoms with Gasteiger partial charge in [0.15, 0.2) is 0 Å². The molecule has 194 valence electrons. The summed E-state index contributed by atoms with van der Waals surface area (Å²) in [6.45, 7) is 2.20. The number of nitriles is 2. The molecule has 1 aromatic heterocycles. The molecule has 0 fully saturated rings.